The lowest BCUT2D eigenvalue weighted by molar-refractivity contribution is 0.0203. The number of hydrogen-bond donors (Lipinski definition) is 2. The van der Waals surface area contributed by atoms with Gasteiger partial charge in [-0.1, -0.05) is 0 Å². The van der Waals surface area contributed by atoms with E-state index in [9.17, 15) is 0 Å². The van der Waals surface area contributed by atoms with Crippen molar-refractivity contribution in [3.63, 3.8) is 0 Å². The van der Waals surface area contributed by atoms with Crippen LogP contribution in [-0.4, -0.2) is 65.7 Å². The Kier molecular flexibility index (Phi) is 12.9. The van der Waals surface area contributed by atoms with E-state index in [0.29, 0.717) is 5.92 Å². The molecule has 1 saturated heterocycles. The fourth-order valence-electron chi connectivity index (χ4n) is 2.44. The predicted octanol–water partition coefficient (Wildman–Crippen LogP) is 1.80. The van der Waals surface area contributed by atoms with Crippen LogP contribution in [0, 0.1) is 5.92 Å². The zero-order valence-electron chi connectivity index (χ0n) is 14.9. The maximum Gasteiger partial charge on any atom is 0.190 e. The number of ether oxygens (including phenoxy) is 3. The second-order valence-electron chi connectivity index (χ2n) is 5.81. The molecule has 6 nitrogen and oxygen atoms in total. The molecule has 1 rings (SSSR count). The average molecular weight is 329 g/mol. The maximum atomic E-state index is 5.75. The van der Waals surface area contributed by atoms with Gasteiger partial charge in [-0.3, -0.25) is 4.99 Å². The second kappa shape index (κ2) is 14.7. The molecule has 1 heterocycles. The van der Waals surface area contributed by atoms with Crippen molar-refractivity contribution in [1.82, 2.24) is 10.6 Å². The second-order valence-corrected chi connectivity index (χ2v) is 5.81. The Balaban J connectivity index is 1.89. The van der Waals surface area contributed by atoms with Gasteiger partial charge in [0.2, 0.25) is 0 Å². The molecule has 1 aliphatic rings. The number of unbranched alkanes of at least 4 members (excludes halogenated alkanes) is 1. The molecule has 1 aliphatic heterocycles. The van der Waals surface area contributed by atoms with Crippen molar-refractivity contribution in [2.75, 3.05) is 59.8 Å². The fraction of sp³-hybridized carbons (Fsp3) is 0.941. The summed E-state index contributed by atoms with van der Waals surface area (Å²) in [6.07, 6.45) is 5.44. The lowest BCUT2D eigenvalue weighted by Crippen LogP contribution is -2.38. The number of guanidine groups is 1. The van der Waals surface area contributed by atoms with Crippen molar-refractivity contribution < 1.29 is 14.2 Å². The number of aliphatic imine (C=N–C) groups is 1. The summed E-state index contributed by atoms with van der Waals surface area (Å²) in [5, 5.41) is 6.64. The van der Waals surface area contributed by atoms with Crippen LogP contribution in [0.25, 0.3) is 0 Å². The first kappa shape index (κ1) is 20.2. The molecule has 23 heavy (non-hydrogen) atoms. The molecule has 2 N–H and O–H groups in total. The molecule has 0 amide bonds. The quantitative estimate of drug-likeness (QED) is 0.325. The zero-order chi connectivity index (χ0) is 16.6. The Morgan fingerprint density at radius 2 is 1.74 bits per heavy atom. The van der Waals surface area contributed by atoms with Gasteiger partial charge in [-0.05, 0) is 44.9 Å². The number of nitrogens with one attached hydrogen (secondary N) is 2. The van der Waals surface area contributed by atoms with Crippen LogP contribution in [0.1, 0.15) is 39.0 Å². The summed E-state index contributed by atoms with van der Waals surface area (Å²) in [5.74, 6) is 1.55. The van der Waals surface area contributed by atoms with Crippen molar-refractivity contribution in [3.8, 4) is 0 Å². The van der Waals surface area contributed by atoms with Crippen molar-refractivity contribution in [1.29, 1.82) is 0 Å². The van der Waals surface area contributed by atoms with E-state index in [1.807, 2.05) is 6.92 Å². The molecule has 0 radical (unpaired) electrons. The van der Waals surface area contributed by atoms with Gasteiger partial charge in [0.15, 0.2) is 5.96 Å². The van der Waals surface area contributed by atoms with Crippen LogP contribution in [0.3, 0.4) is 0 Å². The molecule has 0 saturated carbocycles. The van der Waals surface area contributed by atoms with Crippen LogP contribution in [0.15, 0.2) is 4.99 Å². The average Bonchev–Trinajstić information content (AvgIpc) is 2.60. The van der Waals surface area contributed by atoms with Gasteiger partial charge in [0.1, 0.15) is 0 Å². The van der Waals surface area contributed by atoms with Gasteiger partial charge in [0, 0.05) is 59.8 Å². The maximum absolute atomic E-state index is 5.75. The summed E-state index contributed by atoms with van der Waals surface area (Å²) in [5.41, 5.74) is 0. The van der Waals surface area contributed by atoms with Crippen molar-refractivity contribution in [3.05, 3.63) is 0 Å². The van der Waals surface area contributed by atoms with Gasteiger partial charge in [0.05, 0.1) is 0 Å². The molecular formula is C17H35N3O3. The van der Waals surface area contributed by atoms with Gasteiger partial charge >= 0.3 is 0 Å². The molecule has 0 bridgehead atoms. The third-order valence-electron chi connectivity index (χ3n) is 3.89. The normalized spacial score (nSPS) is 16.5. The SMILES string of the molecule is CCOCCCCNC(=NC)NCCCOCC1CCOCC1. The van der Waals surface area contributed by atoms with Crippen LogP contribution in [0.2, 0.25) is 0 Å². The van der Waals surface area contributed by atoms with Crippen molar-refractivity contribution in [2.45, 2.75) is 39.0 Å². The highest BCUT2D eigenvalue weighted by Gasteiger charge is 2.13. The topological polar surface area (TPSA) is 64.1 Å². The number of rotatable bonds is 12. The first-order valence-electron chi connectivity index (χ1n) is 9.04. The van der Waals surface area contributed by atoms with Crippen LogP contribution < -0.4 is 10.6 Å². The van der Waals surface area contributed by atoms with Crippen LogP contribution in [0.4, 0.5) is 0 Å². The van der Waals surface area contributed by atoms with E-state index in [2.05, 4.69) is 15.6 Å². The smallest absolute Gasteiger partial charge is 0.190 e. The fourth-order valence-corrected chi connectivity index (χ4v) is 2.44. The van der Waals surface area contributed by atoms with Crippen LogP contribution in [-0.2, 0) is 14.2 Å². The summed E-state index contributed by atoms with van der Waals surface area (Å²) >= 11 is 0. The summed E-state index contributed by atoms with van der Waals surface area (Å²) < 4.78 is 16.4. The first-order valence-corrected chi connectivity index (χ1v) is 9.04. The summed E-state index contributed by atoms with van der Waals surface area (Å²) in [6, 6.07) is 0. The van der Waals surface area contributed by atoms with E-state index in [-0.39, 0.29) is 0 Å². The van der Waals surface area contributed by atoms with Gasteiger partial charge in [0.25, 0.3) is 0 Å². The van der Waals surface area contributed by atoms with Gasteiger partial charge < -0.3 is 24.8 Å². The van der Waals surface area contributed by atoms with E-state index in [1.165, 1.54) is 0 Å². The highest BCUT2D eigenvalue weighted by Crippen LogP contribution is 2.14. The summed E-state index contributed by atoms with van der Waals surface area (Å²) in [7, 11) is 1.80. The molecule has 0 spiro atoms. The molecule has 0 aromatic rings. The molecule has 6 heteroatoms. The highest BCUT2D eigenvalue weighted by atomic mass is 16.5. The Bertz CT molecular complexity index is 295. The van der Waals surface area contributed by atoms with E-state index < -0.39 is 0 Å². The minimum atomic E-state index is 0.683. The predicted molar refractivity (Wildman–Crippen MR) is 94.1 cm³/mol. The number of hydrogen-bond acceptors (Lipinski definition) is 4. The highest BCUT2D eigenvalue weighted by molar-refractivity contribution is 5.79. The molecule has 136 valence electrons. The molecule has 0 aromatic heterocycles. The van der Waals surface area contributed by atoms with Gasteiger partial charge in [-0.2, -0.15) is 0 Å². The molecule has 1 fully saturated rings. The third-order valence-corrected chi connectivity index (χ3v) is 3.89. The Labute approximate surface area is 141 Å². The minimum absolute atomic E-state index is 0.683. The standard InChI is InChI=1S/C17H35N3O3/c1-3-21-11-5-4-9-19-17(18-2)20-10-6-12-23-15-16-7-13-22-14-8-16/h16H,3-15H2,1-2H3,(H2,18,19,20). The summed E-state index contributed by atoms with van der Waals surface area (Å²) in [4.78, 5) is 4.22. The van der Waals surface area contributed by atoms with Gasteiger partial charge in [-0.15, -0.1) is 0 Å². The first-order chi connectivity index (χ1) is 11.4. The van der Waals surface area contributed by atoms with Crippen LogP contribution >= 0.6 is 0 Å². The molecular weight excluding hydrogens is 294 g/mol. The Hall–Kier alpha value is -0.850. The molecule has 0 unspecified atom stereocenters. The monoisotopic (exact) mass is 329 g/mol. The zero-order valence-corrected chi connectivity index (χ0v) is 14.9. The lowest BCUT2D eigenvalue weighted by atomic mass is 10.0. The van der Waals surface area contributed by atoms with Gasteiger partial charge in [-0.25, -0.2) is 0 Å². The van der Waals surface area contributed by atoms with Crippen molar-refractivity contribution in [2.24, 2.45) is 10.9 Å². The third kappa shape index (κ3) is 11.3. The van der Waals surface area contributed by atoms with Crippen molar-refractivity contribution >= 4 is 5.96 Å². The number of nitrogens with zero attached hydrogens (tertiary/aromatic N) is 1. The minimum Gasteiger partial charge on any atom is -0.382 e. The van der Waals surface area contributed by atoms with E-state index in [1.54, 1.807) is 7.05 Å². The van der Waals surface area contributed by atoms with E-state index >= 15 is 0 Å². The van der Waals surface area contributed by atoms with E-state index in [0.717, 1.165) is 90.8 Å². The lowest BCUT2D eigenvalue weighted by Gasteiger charge is -2.21. The van der Waals surface area contributed by atoms with Crippen LogP contribution in [0.5, 0.6) is 0 Å². The van der Waals surface area contributed by atoms with E-state index in [4.69, 9.17) is 14.2 Å². The Morgan fingerprint density at radius 1 is 1.04 bits per heavy atom. The molecule has 0 atom stereocenters. The summed E-state index contributed by atoms with van der Waals surface area (Å²) in [6.45, 7) is 8.93. The largest absolute Gasteiger partial charge is 0.382 e. The Morgan fingerprint density at radius 3 is 2.43 bits per heavy atom. The molecule has 0 aliphatic carbocycles. The molecule has 0 aromatic carbocycles.